The van der Waals surface area contributed by atoms with Crippen LogP contribution in [0.4, 0.5) is 0 Å². The number of aliphatic carboxylic acids is 1. The molecule has 0 saturated heterocycles. The SMILES string of the molecule is CC=CCCC[C@@H](N)C(=O)O. The van der Waals surface area contributed by atoms with E-state index in [1.807, 2.05) is 19.1 Å². The molecule has 3 nitrogen and oxygen atoms in total. The maximum atomic E-state index is 10.2. The Balaban J connectivity index is 3.31. The van der Waals surface area contributed by atoms with Crippen LogP contribution in [0, 0.1) is 0 Å². The van der Waals surface area contributed by atoms with Crippen molar-refractivity contribution in [1.82, 2.24) is 0 Å². The van der Waals surface area contributed by atoms with Crippen molar-refractivity contribution in [1.29, 1.82) is 0 Å². The third-order valence-electron chi connectivity index (χ3n) is 1.44. The van der Waals surface area contributed by atoms with Gasteiger partial charge in [-0.1, -0.05) is 12.2 Å². The molecule has 1 atom stereocenters. The van der Waals surface area contributed by atoms with Crippen LogP contribution in [0.2, 0.25) is 0 Å². The summed E-state index contributed by atoms with van der Waals surface area (Å²) >= 11 is 0. The molecule has 0 aromatic heterocycles. The normalized spacial score (nSPS) is 13.6. The average Bonchev–Trinajstić information content (AvgIpc) is 1.97. The van der Waals surface area contributed by atoms with Gasteiger partial charge in [-0.2, -0.15) is 0 Å². The summed E-state index contributed by atoms with van der Waals surface area (Å²) in [6.07, 6.45) is 6.27. The number of hydrogen-bond donors (Lipinski definition) is 2. The molecule has 0 spiro atoms. The summed E-state index contributed by atoms with van der Waals surface area (Å²) < 4.78 is 0. The van der Waals surface area contributed by atoms with Crippen LogP contribution in [0.25, 0.3) is 0 Å². The fourth-order valence-electron chi connectivity index (χ4n) is 0.746. The first kappa shape index (κ1) is 10.2. The zero-order valence-corrected chi connectivity index (χ0v) is 6.79. The zero-order valence-electron chi connectivity index (χ0n) is 6.79. The lowest BCUT2D eigenvalue weighted by Crippen LogP contribution is -2.29. The van der Waals surface area contributed by atoms with Gasteiger partial charge in [-0.15, -0.1) is 0 Å². The first-order chi connectivity index (χ1) is 5.18. The molecule has 3 heteroatoms. The number of hydrogen-bond acceptors (Lipinski definition) is 2. The number of allylic oxidation sites excluding steroid dienone is 2. The highest BCUT2D eigenvalue weighted by atomic mass is 16.4. The van der Waals surface area contributed by atoms with Crippen molar-refractivity contribution in [2.75, 3.05) is 0 Å². The summed E-state index contributed by atoms with van der Waals surface area (Å²) in [5.41, 5.74) is 5.28. The molecule has 11 heavy (non-hydrogen) atoms. The topological polar surface area (TPSA) is 63.3 Å². The van der Waals surface area contributed by atoms with Gasteiger partial charge in [0.2, 0.25) is 0 Å². The van der Waals surface area contributed by atoms with Gasteiger partial charge in [0.05, 0.1) is 0 Å². The Labute approximate surface area is 66.9 Å². The van der Waals surface area contributed by atoms with Crippen molar-refractivity contribution in [3.63, 3.8) is 0 Å². The lowest BCUT2D eigenvalue weighted by Gasteiger charge is -2.02. The molecule has 0 bridgehead atoms. The minimum absolute atomic E-state index is 0.555. The van der Waals surface area contributed by atoms with Crippen molar-refractivity contribution in [2.45, 2.75) is 32.2 Å². The maximum Gasteiger partial charge on any atom is 0.320 e. The van der Waals surface area contributed by atoms with Crippen molar-refractivity contribution >= 4 is 5.97 Å². The minimum atomic E-state index is -0.912. The third-order valence-corrected chi connectivity index (χ3v) is 1.44. The lowest BCUT2D eigenvalue weighted by atomic mass is 10.1. The minimum Gasteiger partial charge on any atom is -0.480 e. The van der Waals surface area contributed by atoms with Crippen molar-refractivity contribution in [3.8, 4) is 0 Å². The highest BCUT2D eigenvalue weighted by Gasteiger charge is 2.08. The Morgan fingerprint density at radius 3 is 2.82 bits per heavy atom. The monoisotopic (exact) mass is 157 g/mol. The Morgan fingerprint density at radius 2 is 2.36 bits per heavy atom. The first-order valence-electron chi connectivity index (χ1n) is 3.78. The molecule has 0 aromatic carbocycles. The molecule has 0 heterocycles. The highest BCUT2D eigenvalue weighted by molar-refractivity contribution is 5.72. The Hall–Kier alpha value is -0.830. The third kappa shape index (κ3) is 5.61. The molecule has 0 unspecified atom stereocenters. The van der Waals surface area contributed by atoms with Crippen molar-refractivity contribution in [2.24, 2.45) is 5.73 Å². The molecule has 0 amide bonds. The van der Waals surface area contributed by atoms with E-state index in [1.165, 1.54) is 0 Å². The zero-order chi connectivity index (χ0) is 8.69. The van der Waals surface area contributed by atoms with Gasteiger partial charge in [-0.3, -0.25) is 4.79 Å². The molecule has 0 radical (unpaired) electrons. The summed E-state index contributed by atoms with van der Waals surface area (Å²) in [6.45, 7) is 1.94. The lowest BCUT2D eigenvalue weighted by molar-refractivity contribution is -0.138. The Bertz CT molecular complexity index is 143. The van der Waals surface area contributed by atoms with E-state index < -0.39 is 12.0 Å². The molecule has 3 N–H and O–H groups in total. The summed E-state index contributed by atoms with van der Waals surface area (Å²) in [5, 5.41) is 8.40. The maximum absolute atomic E-state index is 10.2. The highest BCUT2D eigenvalue weighted by Crippen LogP contribution is 1.99. The molecular formula is C8H15NO2. The van der Waals surface area contributed by atoms with E-state index in [0.717, 1.165) is 12.8 Å². The summed E-state index contributed by atoms with van der Waals surface area (Å²) in [5.74, 6) is -0.912. The average molecular weight is 157 g/mol. The van der Waals surface area contributed by atoms with E-state index in [-0.39, 0.29) is 0 Å². The summed E-state index contributed by atoms with van der Waals surface area (Å²) in [4.78, 5) is 10.2. The van der Waals surface area contributed by atoms with Gasteiger partial charge < -0.3 is 10.8 Å². The van der Waals surface area contributed by atoms with Gasteiger partial charge >= 0.3 is 5.97 Å². The summed E-state index contributed by atoms with van der Waals surface area (Å²) in [7, 11) is 0. The van der Waals surface area contributed by atoms with Gasteiger partial charge in [0.1, 0.15) is 6.04 Å². The fraction of sp³-hybridized carbons (Fsp3) is 0.625. The molecular weight excluding hydrogens is 142 g/mol. The molecule has 0 saturated carbocycles. The van der Waals surface area contributed by atoms with Crippen LogP contribution in [0.15, 0.2) is 12.2 Å². The van der Waals surface area contributed by atoms with Gasteiger partial charge in [-0.05, 0) is 26.2 Å². The fourth-order valence-corrected chi connectivity index (χ4v) is 0.746. The van der Waals surface area contributed by atoms with Crippen LogP contribution >= 0.6 is 0 Å². The van der Waals surface area contributed by atoms with Crippen molar-refractivity contribution < 1.29 is 9.90 Å². The number of rotatable bonds is 5. The van der Waals surface area contributed by atoms with Crippen LogP contribution < -0.4 is 5.73 Å². The van der Waals surface area contributed by atoms with E-state index in [1.54, 1.807) is 0 Å². The standard InChI is InChI=1S/C8H15NO2/c1-2-3-4-5-6-7(9)8(10)11/h2-3,7H,4-6,9H2,1H3,(H,10,11)/t7-/m1/s1. The number of carboxylic acids is 1. The Morgan fingerprint density at radius 1 is 1.73 bits per heavy atom. The molecule has 0 aliphatic rings. The second kappa shape index (κ2) is 5.92. The second-order valence-corrected chi connectivity index (χ2v) is 2.44. The van der Waals surface area contributed by atoms with Crippen LogP contribution in [-0.4, -0.2) is 17.1 Å². The molecule has 0 rings (SSSR count). The van der Waals surface area contributed by atoms with Gasteiger partial charge in [0, 0.05) is 0 Å². The van der Waals surface area contributed by atoms with Crippen LogP contribution in [0.1, 0.15) is 26.2 Å². The van der Waals surface area contributed by atoms with Crippen LogP contribution in [0.3, 0.4) is 0 Å². The molecule has 64 valence electrons. The number of unbranched alkanes of at least 4 members (excludes halogenated alkanes) is 1. The smallest absolute Gasteiger partial charge is 0.320 e. The van der Waals surface area contributed by atoms with E-state index in [4.69, 9.17) is 10.8 Å². The van der Waals surface area contributed by atoms with Gasteiger partial charge in [0.25, 0.3) is 0 Å². The number of carbonyl (C=O) groups is 1. The number of nitrogens with two attached hydrogens (primary N) is 1. The second-order valence-electron chi connectivity index (χ2n) is 2.44. The molecule has 0 aliphatic heterocycles. The Kier molecular flexibility index (Phi) is 5.47. The summed E-state index contributed by atoms with van der Waals surface area (Å²) in [6, 6.07) is -0.694. The van der Waals surface area contributed by atoms with E-state index in [2.05, 4.69) is 0 Å². The van der Waals surface area contributed by atoms with Gasteiger partial charge in [-0.25, -0.2) is 0 Å². The van der Waals surface area contributed by atoms with E-state index >= 15 is 0 Å². The van der Waals surface area contributed by atoms with E-state index in [9.17, 15) is 4.79 Å². The molecule has 0 aromatic rings. The van der Waals surface area contributed by atoms with Crippen molar-refractivity contribution in [3.05, 3.63) is 12.2 Å². The quantitative estimate of drug-likeness (QED) is 0.464. The largest absolute Gasteiger partial charge is 0.480 e. The predicted molar refractivity (Wildman–Crippen MR) is 44.3 cm³/mol. The predicted octanol–water partition coefficient (Wildman–Crippen LogP) is 1.14. The molecule has 0 fully saturated rings. The first-order valence-corrected chi connectivity index (χ1v) is 3.78. The van der Waals surface area contributed by atoms with E-state index in [0.29, 0.717) is 6.42 Å². The van der Waals surface area contributed by atoms with Crippen LogP contribution in [-0.2, 0) is 4.79 Å². The number of carboxylic acid groups (broad SMARTS) is 1. The van der Waals surface area contributed by atoms with Crippen LogP contribution in [0.5, 0.6) is 0 Å². The molecule has 0 aliphatic carbocycles. The van der Waals surface area contributed by atoms with Gasteiger partial charge in [0.15, 0.2) is 0 Å².